The van der Waals surface area contributed by atoms with Gasteiger partial charge in [-0.2, -0.15) is 5.10 Å². The first-order chi connectivity index (χ1) is 7.50. The number of hydrogen-bond donors (Lipinski definition) is 1. The van der Waals surface area contributed by atoms with Crippen LogP contribution in [0, 0.1) is 6.92 Å². The molecule has 0 aliphatic heterocycles. The molecule has 0 aliphatic rings. The van der Waals surface area contributed by atoms with Gasteiger partial charge in [-0.15, -0.1) is 0 Å². The molecular formula is C12H14N2O2. The van der Waals surface area contributed by atoms with Gasteiger partial charge in [-0.05, 0) is 32.4 Å². The Morgan fingerprint density at radius 3 is 2.69 bits per heavy atom. The molecule has 0 aliphatic carbocycles. The lowest BCUT2D eigenvalue weighted by molar-refractivity contribution is 0.0683. The molecule has 4 heteroatoms. The van der Waals surface area contributed by atoms with Crippen LogP contribution in [0.1, 0.15) is 35.9 Å². The van der Waals surface area contributed by atoms with E-state index in [4.69, 9.17) is 0 Å². The zero-order valence-electron chi connectivity index (χ0n) is 9.56. The van der Waals surface area contributed by atoms with E-state index in [2.05, 4.69) is 5.10 Å². The van der Waals surface area contributed by atoms with Crippen molar-refractivity contribution in [2.45, 2.75) is 26.8 Å². The SMILES string of the molecule is Cc1ccc2c(C(=O)O)n(C(C)C)nc2c1. The Hall–Kier alpha value is -1.84. The maximum absolute atomic E-state index is 11.2. The summed E-state index contributed by atoms with van der Waals surface area (Å²) < 4.78 is 1.56. The van der Waals surface area contributed by atoms with Gasteiger partial charge in [0.2, 0.25) is 0 Å². The number of aromatic carboxylic acids is 1. The monoisotopic (exact) mass is 218 g/mol. The number of aryl methyl sites for hydroxylation is 1. The molecule has 84 valence electrons. The predicted octanol–water partition coefficient (Wildman–Crippen LogP) is 2.62. The van der Waals surface area contributed by atoms with Gasteiger partial charge in [-0.1, -0.05) is 12.1 Å². The molecule has 0 saturated carbocycles. The van der Waals surface area contributed by atoms with Crippen LogP contribution < -0.4 is 0 Å². The fraction of sp³-hybridized carbons (Fsp3) is 0.333. The average molecular weight is 218 g/mol. The minimum absolute atomic E-state index is 0.0406. The Balaban J connectivity index is 2.81. The van der Waals surface area contributed by atoms with Crippen LogP contribution in [0.2, 0.25) is 0 Å². The van der Waals surface area contributed by atoms with E-state index in [0.29, 0.717) is 5.39 Å². The van der Waals surface area contributed by atoms with E-state index in [-0.39, 0.29) is 11.7 Å². The summed E-state index contributed by atoms with van der Waals surface area (Å²) in [6.07, 6.45) is 0. The number of carboxylic acid groups (broad SMARTS) is 1. The van der Waals surface area contributed by atoms with Crippen molar-refractivity contribution in [2.75, 3.05) is 0 Å². The molecule has 0 amide bonds. The lowest BCUT2D eigenvalue weighted by Gasteiger charge is -2.07. The molecule has 0 saturated heterocycles. The smallest absolute Gasteiger partial charge is 0.354 e. The van der Waals surface area contributed by atoms with Gasteiger partial charge in [0.1, 0.15) is 0 Å². The Morgan fingerprint density at radius 1 is 1.44 bits per heavy atom. The molecule has 2 aromatic rings. The first-order valence-electron chi connectivity index (χ1n) is 5.23. The van der Waals surface area contributed by atoms with Crippen molar-refractivity contribution < 1.29 is 9.90 Å². The maximum Gasteiger partial charge on any atom is 0.354 e. The second-order valence-corrected chi connectivity index (χ2v) is 4.21. The maximum atomic E-state index is 11.2. The highest BCUT2D eigenvalue weighted by atomic mass is 16.4. The molecule has 0 radical (unpaired) electrons. The summed E-state index contributed by atoms with van der Waals surface area (Å²) in [6.45, 7) is 5.81. The van der Waals surface area contributed by atoms with Crippen molar-refractivity contribution in [3.8, 4) is 0 Å². The number of carboxylic acids is 1. The average Bonchev–Trinajstić information content (AvgIpc) is 2.55. The van der Waals surface area contributed by atoms with Crippen molar-refractivity contribution >= 4 is 16.9 Å². The standard InChI is InChI=1S/C12H14N2O2/c1-7(2)14-11(12(15)16)9-5-4-8(3)6-10(9)13-14/h4-7H,1-3H3,(H,15,16). The zero-order chi connectivity index (χ0) is 11.9. The molecule has 1 aromatic heterocycles. The van der Waals surface area contributed by atoms with Gasteiger partial charge >= 0.3 is 5.97 Å². The third-order valence-corrected chi connectivity index (χ3v) is 2.54. The number of nitrogens with zero attached hydrogens (tertiary/aromatic N) is 2. The van der Waals surface area contributed by atoms with Crippen molar-refractivity contribution in [3.05, 3.63) is 29.5 Å². The number of carbonyl (C=O) groups is 1. The van der Waals surface area contributed by atoms with Gasteiger partial charge in [-0.25, -0.2) is 4.79 Å². The van der Waals surface area contributed by atoms with Crippen LogP contribution in [0.15, 0.2) is 18.2 Å². The van der Waals surface area contributed by atoms with E-state index >= 15 is 0 Å². The van der Waals surface area contributed by atoms with E-state index in [1.165, 1.54) is 0 Å². The van der Waals surface area contributed by atoms with Gasteiger partial charge in [0.15, 0.2) is 5.69 Å². The predicted molar refractivity (Wildman–Crippen MR) is 61.8 cm³/mol. The van der Waals surface area contributed by atoms with Gasteiger partial charge in [0.25, 0.3) is 0 Å². The molecule has 16 heavy (non-hydrogen) atoms. The van der Waals surface area contributed by atoms with Crippen molar-refractivity contribution in [1.29, 1.82) is 0 Å². The third kappa shape index (κ3) is 1.56. The van der Waals surface area contributed by atoms with Crippen molar-refractivity contribution in [3.63, 3.8) is 0 Å². The lowest BCUT2D eigenvalue weighted by atomic mass is 10.1. The molecule has 2 rings (SSSR count). The van der Waals surface area contributed by atoms with Crippen LogP contribution in [-0.2, 0) is 0 Å². The first kappa shape index (κ1) is 10.7. The molecule has 1 N–H and O–H groups in total. The lowest BCUT2D eigenvalue weighted by Crippen LogP contribution is -2.12. The topological polar surface area (TPSA) is 55.1 Å². The number of benzene rings is 1. The minimum atomic E-state index is -0.931. The number of fused-ring (bicyclic) bond motifs is 1. The highest BCUT2D eigenvalue weighted by Gasteiger charge is 2.18. The van der Waals surface area contributed by atoms with Crippen LogP contribution in [0.25, 0.3) is 10.9 Å². The summed E-state index contributed by atoms with van der Waals surface area (Å²) in [5.41, 5.74) is 2.09. The summed E-state index contributed by atoms with van der Waals surface area (Å²) in [5, 5.41) is 14.2. The molecule has 4 nitrogen and oxygen atoms in total. The van der Waals surface area contributed by atoms with E-state index in [0.717, 1.165) is 11.1 Å². The Morgan fingerprint density at radius 2 is 2.12 bits per heavy atom. The van der Waals surface area contributed by atoms with Gasteiger partial charge in [0, 0.05) is 11.4 Å². The van der Waals surface area contributed by atoms with Gasteiger partial charge in [-0.3, -0.25) is 4.68 Å². The normalized spacial score (nSPS) is 11.2. The fourth-order valence-corrected chi connectivity index (χ4v) is 1.80. The highest BCUT2D eigenvalue weighted by Crippen LogP contribution is 2.22. The molecule has 0 bridgehead atoms. The number of hydrogen-bond acceptors (Lipinski definition) is 2. The number of aromatic nitrogens is 2. The Labute approximate surface area is 93.5 Å². The Kier molecular flexibility index (Phi) is 2.42. The van der Waals surface area contributed by atoms with Crippen LogP contribution in [0.5, 0.6) is 0 Å². The van der Waals surface area contributed by atoms with E-state index in [1.807, 2.05) is 39.0 Å². The minimum Gasteiger partial charge on any atom is -0.477 e. The molecule has 0 atom stereocenters. The molecule has 0 fully saturated rings. The van der Waals surface area contributed by atoms with E-state index in [9.17, 15) is 9.90 Å². The van der Waals surface area contributed by atoms with E-state index < -0.39 is 5.97 Å². The summed E-state index contributed by atoms with van der Waals surface area (Å²) in [6, 6.07) is 5.67. The summed E-state index contributed by atoms with van der Waals surface area (Å²) in [4.78, 5) is 11.2. The van der Waals surface area contributed by atoms with Gasteiger partial charge in [0.05, 0.1) is 5.52 Å². The summed E-state index contributed by atoms with van der Waals surface area (Å²) >= 11 is 0. The zero-order valence-corrected chi connectivity index (χ0v) is 9.56. The molecule has 1 heterocycles. The summed E-state index contributed by atoms with van der Waals surface area (Å²) in [5.74, 6) is -0.931. The second kappa shape index (κ2) is 3.63. The fourth-order valence-electron chi connectivity index (χ4n) is 1.80. The van der Waals surface area contributed by atoms with Crippen LogP contribution in [0.3, 0.4) is 0 Å². The number of rotatable bonds is 2. The molecule has 0 spiro atoms. The van der Waals surface area contributed by atoms with Gasteiger partial charge < -0.3 is 5.11 Å². The van der Waals surface area contributed by atoms with Crippen LogP contribution in [-0.4, -0.2) is 20.9 Å². The van der Waals surface area contributed by atoms with Crippen molar-refractivity contribution in [1.82, 2.24) is 9.78 Å². The Bertz CT molecular complexity index is 555. The van der Waals surface area contributed by atoms with E-state index in [1.54, 1.807) is 4.68 Å². The van der Waals surface area contributed by atoms with Crippen LogP contribution in [0.4, 0.5) is 0 Å². The van der Waals surface area contributed by atoms with Crippen molar-refractivity contribution in [2.24, 2.45) is 0 Å². The molecule has 0 unspecified atom stereocenters. The highest BCUT2D eigenvalue weighted by molar-refractivity contribution is 6.01. The largest absolute Gasteiger partial charge is 0.477 e. The molecule has 1 aromatic carbocycles. The second-order valence-electron chi connectivity index (χ2n) is 4.21. The summed E-state index contributed by atoms with van der Waals surface area (Å²) in [7, 11) is 0. The molecular weight excluding hydrogens is 204 g/mol. The quantitative estimate of drug-likeness (QED) is 0.843. The first-order valence-corrected chi connectivity index (χ1v) is 5.23. The van der Waals surface area contributed by atoms with Crippen LogP contribution >= 0.6 is 0 Å². The third-order valence-electron chi connectivity index (χ3n) is 2.54.